The maximum Gasteiger partial charge on any atom is 0.151 e. The van der Waals surface area contributed by atoms with Crippen molar-refractivity contribution in [2.75, 3.05) is 32.7 Å². The topological polar surface area (TPSA) is 32.5 Å². The summed E-state index contributed by atoms with van der Waals surface area (Å²) in [5.74, 6) is 0.936. The van der Waals surface area contributed by atoms with Crippen LogP contribution in [-0.2, 0) is 6.54 Å². The Morgan fingerprint density at radius 2 is 1.52 bits per heavy atom. The van der Waals surface area contributed by atoms with Crippen LogP contribution in [0, 0.1) is 0 Å². The summed E-state index contributed by atoms with van der Waals surface area (Å²) in [6.07, 6.45) is 4.46. The molecule has 2 aromatic carbocycles. The van der Waals surface area contributed by atoms with Crippen molar-refractivity contribution in [2.45, 2.75) is 6.54 Å². The minimum atomic E-state index is 0.827. The molecule has 0 atom stereocenters. The van der Waals surface area contributed by atoms with Gasteiger partial charge in [0.2, 0.25) is 0 Å². The molecule has 0 saturated carbocycles. The van der Waals surface area contributed by atoms with Crippen molar-refractivity contribution in [3.05, 3.63) is 84.1 Å². The van der Waals surface area contributed by atoms with Gasteiger partial charge in [0.15, 0.2) is 5.76 Å². The van der Waals surface area contributed by atoms with Crippen molar-refractivity contribution in [3.8, 4) is 11.3 Å². The van der Waals surface area contributed by atoms with Crippen LogP contribution >= 0.6 is 0 Å². The van der Waals surface area contributed by atoms with E-state index in [4.69, 9.17) is 4.52 Å². The molecule has 0 amide bonds. The highest BCUT2D eigenvalue weighted by Gasteiger charge is 2.18. The maximum absolute atomic E-state index is 5.55. The lowest BCUT2D eigenvalue weighted by Gasteiger charge is -2.33. The Balaban J connectivity index is 1.24. The van der Waals surface area contributed by atoms with Crippen molar-refractivity contribution >= 4 is 6.08 Å². The molecule has 1 aliphatic rings. The molecule has 0 bridgehead atoms. The van der Waals surface area contributed by atoms with E-state index in [0.717, 1.165) is 56.3 Å². The Bertz CT molecular complexity index is 850. The van der Waals surface area contributed by atoms with Crippen LogP contribution in [0.15, 0.2) is 77.3 Å². The molecule has 0 radical (unpaired) electrons. The highest BCUT2D eigenvalue weighted by atomic mass is 16.5. The van der Waals surface area contributed by atoms with Gasteiger partial charge in [-0.2, -0.15) is 0 Å². The van der Waals surface area contributed by atoms with Crippen LogP contribution in [-0.4, -0.2) is 47.7 Å². The lowest BCUT2D eigenvalue weighted by molar-refractivity contribution is 0.127. The van der Waals surface area contributed by atoms with Crippen molar-refractivity contribution in [1.29, 1.82) is 0 Å². The number of benzene rings is 2. The van der Waals surface area contributed by atoms with Gasteiger partial charge in [-0.1, -0.05) is 78.0 Å². The van der Waals surface area contributed by atoms with E-state index >= 15 is 0 Å². The normalized spacial score (nSPS) is 16.1. The third kappa shape index (κ3) is 4.94. The maximum atomic E-state index is 5.55. The van der Waals surface area contributed by atoms with E-state index in [9.17, 15) is 0 Å². The molecule has 27 heavy (non-hydrogen) atoms. The van der Waals surface area contributed by atoms with E-state index in [1.165, 1.54) is 5.56 Å². The summed E-state index contributed by atoms with van der Waals surface area (Å²) < 4.78 is 5.55. The Morgan fingerprint density at radius 1 is 0.852 bits per heavy atom. The molecule has 2 heterocycles. The monoisotopic (exact) mass is 359 g/mol. The summed E-state index contributed by atoms with van der Waals surface area (Å²) in [5, 5.41) is 4.21. The largest absolute Gasteiger partial charge is 0.359 e. The lowest BCUT2D eigenvalue weighted by atomic mass is 10.1. The molecule has 1 aliphatic heterocycles. The summed E-state index contributed by atoms with van der Waals surface area (Å²) in [4.78, 5) is 4.93. The molecule has 0 aliphatic carbocycles. The SMILES string of the molecule is C(=C/c1ccccc1)/CN1CCN(Cc2cc(-c3ccccc3)no2)CC1. The van der Waals surface area contributed by atoms with Crippen LogP contribution in [0.5, 0.6) is 0 Å². The minimum absolute atomic E-state index is 0.827. The number of rotatable bonds is 6. The minimum Gasteiger partial charge on any atom is -0.359 e. The van der Waals surface area contributed by atoms with Gasteiger partial charge in [0, 0.05) is 44.4 Å². The highest BCUT2D eigenvalue weighted by molar-refractivity contribution is 5.58. The van der Waals surface area contributed by atoms with Gasteiger partial charge in [-0.25, -0.2) is 0 Å². The van der Waals surface area contributed by atoms with Crippen molar-refractivity contribution in [2.24, 2.45) is 0 Å². The van der Waals surface area contributed by atoms with Crippen LogP contribution in [0.1, 0.15) is 11.3 Å². The van der Waals surface area contributed by atoms with E-state index in [2.05, 4.69) is 69.6 Å². The van der Waals surface area contributed by atoms with Gasteiger partial charge in [-0.05, 0) is 5.56 Å². The molecule has 0 N–H and O–H groups in total. The quantitative estimate of drug-likeness (QED) is 0.661. The molecule has 1 saturated heterocycles. The van der Waals surface area contributed by atoms with Crippen molar-refractivity contribution in [3.63, 3.8) is 0 Å². The second-order valence-corrected chi connectivity index (χ2v) is 6.93. The van der Waals surface area contributed by atoms with Crippen LogP contribution in [0.3, 0.4) is 0 Å². The summed E-state index contributed by atoms with van der Waals surface area (Å²) in [6, 6.07) is 22.7. The highest BCUT2D eigenvalue weighted by Crippen LogP contribution is 2.19. The summed E-state index contributed by atoms with van der Waals surface area (Å²) >= 11 is 0. The molecule has 4 heteroatoms. The molecule has 1 aromatic heterocycles. The fourth-order valence-corrected chi connectivity index (χ4v) is 3.38. The molecule has 3 aromatic rings. The molecular weight excluding hydrogens is 334 g/mol. The first-order valence-electron chi connectivity index (χ1n) is 9.54. The standard InChI is InChI=1S/C23H25N3O/c1-3-8-20(9-4-1)10-7-13-25-14-16-26(17-15-25)19-22-18-23(24-27-22)21-11-5-2-6-12-21/h1-12,18H,13-17,19H2/b10-7-. The second kappa shape index (κ2) is 8.80. The Labute approximate surface area is 160 Å². The molecule has 4 nitrogen and oxygen atoms in total. The van der Waals surface area contributed by atoms with Gasteiger partial charge in [0.1, 0.15) is 5.69 Å². The molecule has 4 rings (SSSR count). The third-order valence-corrected chi connectivity index (χ3v) is 4.95. The van der Waals surface area contributed by atoms with Gasteiger partial charge in [-0.3, -0.25) is 9.80 Å². The molecular formula is C23H25N3O. The predicted molar refractivity (Wildman–Crippen MR) is 109 cm³/mol. The Kier molecular flexibility index (Phi) is 5.77. The van der Waals surface area contributed by atoms with Crippen LogP contribution in [0.25, 0.3) is 17.3 Å². The number of piperazine rings is 1. The zero-order valence-electron chi connectivity index (χ0n) is 15.5. The summed E-state index contributed by atoms with van der Waals surface area (Å²) in [5.41, 5.74) is 3.27. The zero-order valence-corrected chi connectivity index (χ0v) is 15.5. The van der Waals surface area contributed by atoms with Gasteiger partial charge >= 0.3 is 0 Å². The van der Waals surface area contributed by atoms with E-state index in [1.807, 2.05) is 24.3 Å². The van der Waals surface area contributed by atoms with E-state index in [-0.39, 0.29) is 0 Å². The predicted octanol–water partition coefficient (Wildman–Crippen LogP) is 4.17. The van der Waals surface area contributed by atoms with Gasteiger partial charge in [-0.15, -0.1) is 0 Å². The molecule has 138 valence electrons. The van der Waals surface area contributed by atoms with E-state index in [1.54, 1.807) is 0 Å². The second-order valence-electron chi connectivity index (χ2n) is 6.93. The number of nitrogens with zero attached hydrogens (tertiary/aromatic N) is 3. The van der Waals surface area contributed by atoms with Crippen molar-refractivity contribution < 1.29 is 4.52 Å². The van der Waals surface area contributed by atoms with E-state index in [0.29, 0.717) is 0 Å². The number of hydrogen-bond donors (Lipinski definition) is 0. The van der Waals surface area contributed by atoms with Crippen LogP contribution < -0.4 is 0 Å². The fraction of sp³-hybridized carbons (Fsp3) is 0.261. The zero-order chi connectivity index (χ0) is 18.3. The van der Waals surface area contributed by atoms with Gasteiger partial charge in [0.05, 0.1) is 6.54 Å². The summed E-state index contributed by atoms with van der Waals surface area (Å²) in [7, 11) is 0. The Hall–Kier alpha value is -2.69. The third-order valence-electron chi connectivity index (χ3n) is 4.95. The van der Waals surface area contributed by atoms with Crippen LogP contribution in [0.2, 0.25) is 0 Å². The van der Waals surface area contributed by atoms with Crippen molar-refractivity contribution in [1.82, 2.24) is 15.0 Å². The molecule has 1 fully saturated rings. The van der Waals surface area contributed by atoms with Gasteiger partial charge < -0.3 is 4.52 Å². The average Bonchev–Trinajstić information content (AvgIpc) is 3.19. The van der Waals surface area contributed by atoms with Crippen LogP contribution in [0.4, 0.5) is 0 Å². The number of aromatic nitrogens is 1. The lowest BCUT2D eigenvalue weighted by Crippen LogP contribution is -2.45. The molecule has 0 unspecified atom stereocenters. The Morgan fingerprint density at radius 3 is 2.26 bits per heavy atom. The van der Waals surface area contributed by atoms with E-state index < -0.39 is 0 Å². The first-order valence-corrected chi connectivity index (χ1v) is 9.54. The fourth-order valence-electron chi connectivity index (χ4n) is 3.38. The van der Waals surface area contributed by atoms with Gasteiger partial charge in [0.25, 0.3) is 0 Å². The first-order chi connectivity index (χ1) is 13.4. The summed E-state index contributed by atoms with van der Waals surface area (Å²) in [6.45, 7) is 6.11. The first kappa shape index (κ1) is 17.7. The number of hydrogen-bond acceptors (Lipinski definition) is 4. The average molecular weight is 359 g/mol. The molecule has 0 spiro atoms. The smallest absolute Gasteiger partial charge is 0.151 e.